The molecule has 0 heterocycles. The molecule has 0 spiro atoms. The first kappa shape index (κ1) is 26.8. The number of phenols is 2. The molecule has 6 heteroatoms. The van der Waals surface area contributed by atoms with Crippen LogP contribution in [-0.4, -0.2) is 35.4 Å². The van der Waals surface area contributed by atoms with Gasteiger partial charge in [0.1, 0.15) is 22.6 Å². The largest absolute Gasteiger partial charge is 0.507 e. The summed E-state index contributed by atoms with van der Waals surface area (Å²) >= 11 is 0. The van der Waals surface area contributed by atoms with E-state index >= 15 is 0 Å². The Morgan fingerprint density at radius 2 is 1.28 bits per heavy atom. The Kier molecular flexibility index (Phi) is 13.7. The van der Waals surface area contributed by atoms with Gasteiger partial charge in [-0.1, -0.05) is 69.5 Å². The number of benzene rings is 2. The SMILES string of the molecule is CC/C=C\CCOC(=O)c1ccccc1O.CCCCCCOC(=O)c1ccccc1O. The van der Waals surface area contributed by atoms with Crippen molar-refractivity contribution in [3.63, 3.8) is 0 Å². The third kappa shape index (κ3) is 10.7. The van der Waals surface area contributed by atoms with E-state index in [0.29, 0.717) is 19.6 Å². The lowest BCUT2D eigenvalue weighted by atomic mass is 10.2. The Labute approximate surface area is 190 Å². The number of ether oxygens (including phenoxy) is 2. The van der Waals surface area contributed by atoms with E-state index in [1.54, 1.807) is 36.4 Å². The zero-order chi connectivity index (χ0) is 23.6. The lowest BCUT2D eigenvalue weighted by Crippen LogP contribution is -2.06. The quantitative estimate of drug-likeness (QED) is 0.251. The van der Waals surface area contributed by atoms with Gasteiger partial charge in [0.25, 0.3) is 0 Å². The summed E-state index contributed by atoms with van der Waals surface area (Å²) in [6.45, 7) is 4.94. The maximum absolute atomic E-state index is 11.5. The van der Waals surface area contributed by atoms with E-state index in [2.05, 4.69) is 6.92 Å². The highest BCUT2D eigenvalue weighted by atomic mass is 16.5. The Balaban J connectivity index is 0.000000320. The van der Waals surface area contributed by atoms with Gasteiger partial charge in [-0.15, -0.1) is 0 Å². The molecule has 0 aliphatic carbocycles. The number of allylic oxidation sites excluding steroid dienone is 1. The van der Waals surface area contributed by atoms with E-state index in [9.17, 15) is 19.8 Å². The fourth-order valence-corrected chi connectivity index (χ4v) is 2.65. The topological polar surface area (TPSA) is 93.1 Å². The predicted molar refractivity (Wildman–Crippen MR) is 125 cm³/mol. The first-order chi connectivity index (χ1) is 15.5. The van der Waals surface area contributed by atoms with Crippen molar-refractivity contribution in [1.82, 2.24) is 0 Å². The average molecular weight is 443 g/mol. The molecule has 0 unspecified atom stereocenters. The molecule has 0 atom stereocenters. The second-order valence-electron chi connectivity index (χ2n) is 7.04. The van der Waals surface area contributed by atoms with Gasteiger partial charge in [0.2, 0.25) is 0 Å². The van der Waals surface area contributed by atoms with Gasteiger partial charge in [0.05, 0.1) is 13.2 Å². The molecule has 0 fully saturated rings. The normalized spacial score (nSPS) is 10.3. The number of rotatable bonds is 11. The Bertz CT molecular complexity index is 844. The van der Waals surface area contributed by atoms with E-state index in [1.807, 2.05) is 19.1 Å². The lowest BCUT2D eigenvalue weighted by molar-refractivity contribution is 0.0489. The summed E-state index contributed by atoms with van der Waals surface area (Å²) in [6, 6.07) is 12.8. The van der Waals surface area contributed by atoms with Crippen molar-refractivity contribution in [2.45, 2.75) is 52.4 Å². The van der Waals surface area contributed by atoms with Crippen LogP contribution in [0.25, 0.3) is 0 Å². The summed E-state index contributed by atoms with van der Waals surface area (Å²) in [5, 5.41) is 18.8. The maximum atomic E-state index is 11.5. The van der Waals surface area contributed by atoms with E-state index in [1.165, 1.54) is 12.1 Å². The molecule has 6 nitrogen and oxygen atoms in total. The molecule has 0 amide bonds. The molecule has 0 saturated carbocycles. The molecule has 0 aromatic heterocycles. The molecule has 0 bridgehead atoms. The minimum atomic E-state index is -0.483. The number of esters is 2. The molecule has 0 aliphatic rings. The van der Waals surface area contributed by atoms with Crippen LogP contribution in [0.1, 0.15) is 73.1 Å². The van der Waals surface area contributed by atoms with Crippen LogP contribution in [0, 0.1) is 0 Å². The van der Waals surface area contributed by atoms with Crippen molar-refractivity contribution in [1.29, 1.82) is 0 Å². The van der Waals surface area contributed by atoms with Gasteiger partial charge in [-0.05, 0) is 43.5 Å². The fourth-order valence-electron chi connectivity index (χ4n) is 2.65. The summed E-state index contributed by atoms with van der Waals surface area (Å²) < 4.78 is 10.1. The van der Waals surface area contributed by atoms with Crippen molar-refractivity contribution in [3.05, 3.63) is 71.8 Å². The van der Waals surface area contributed by atoms with Gasteiger partial charge >= 0.3 is 11.9 Å². The molecule has 174 valence electrons. The number of aromatic hydroxyl groups is 2. The molecule has 2 aromatic rings. The number of phenolic OH excluding ortho intramolecular Hbond substituents is 2. The van der Waals surface area contributed by atoms with Crippen LogP contribution in [0.5, 0.6) is 11.5 Å². The molecule has 0 radical (unpaired) electrons. The Morgan fingerprint density at radius 1 is 0.750 bits per heavy atom. The van der Waals surface area contributed by atoms with Crippen molar-refractivity contribution in [2.24, 2.45) is 0 Å². The van der Waals surface area contributed by atoms with Gasteiger partial charge in [0.15, 0.2) is 0 Å². The Morgan fingerprint density at radius 3 is 1.78 bits per heavy atom. The first-order valence-corrected chi connectivity index (χ1v) is 11.1. The fraction of sp³-hybridized carbons (Fsp3) is 0.385. The van der Waals surface area contributed by atoms with Crippen LogP contribution < -0.4 is 0 Å². The predicted octanol–water partition coefficient (Wildman–Crippen LogP) is 6.03. The average Bonchev–Trinajstić information content (AvgIpc) is 2.79. The van der Waals surface area contributed by atoms with Crippen LogP contribution >= 0.6 is 0 Å². The standard InChI is InChI=1S/C13H18O3.C13H16O3/c2*1-2-3-4-7-10-16-13(15)11-8-5-6-9-12(11)14/h5-6,8-9,14H,2-4,7,10H2,1H3;3-6,8-9,14H,2,7,10H2,1H3/b;4-3-. The summed E-state index contributed by atoms with van der Waals surface area (Å²) in [5.41, 5.74) is 0.444. The van der Waals surface area contributed by atoms with Crippen molar-refractivity contribution in [3.8, 4) is 11.5 Å². The van der Waals surface area contributed by atoms with Gasteiger partial charge in [-0.25, -0.2) is 9.59 Å². The van der Waals surface area contributed by atoms with Gasteiger partial charge < -0.3 is 19.7 Å². The molecular weight excluding hydrogens is 408 g/mol. The van der Waals surface area contributed by atoms with E-state index in [0.717, 1.165) is 32.1 Å². The van der Waals surface area contributed by atoms with E-state index < -0.39 is 11.9 Å². The molecule has 2 N–H and O–H groups in total. The third-order valence-corrected chi connectivity index (χ3v) is 4.40. The molecule has 0 aliphatic heterocycles. The molecule has 2 rings (SSSR count). The van der Waals surface area contributed by atoms with Crippen LogP contribution in [-0.2, 0) is 9.47 Å². The van der Waals surface area contributed by atoms with Crippen molar-refractivity contribution < 1.29 is 29.3 Å². The van der Waals surface area contributed by atoms with Crippen molar-refractivity contribution in [2.75, 3.05) is 13.2 Å². The maximum Gasteiger partial charge on any atom is 0.341 e. The number of carbonyl (C=O) groups excluding carboxylic acids is 2. The van der Waals surface area contributed by atoms with Crippen LogP contribution in [0.2, 0.25) is 0 Å². The van der Waals surface area contributed by atoms with Gasteiger partial charge in [0, 0.05) is 0 Å². The second-order valence-corrected chi connectivity index (χ2v) is 7.04. The highest BCUT2D eigenvalue weighted by Gasteiger charge is 2.11. The first-order valence-electron chi connectivity index (χ1n) is 11.1. The molecule has 2 aromatic carbocycles. The number of para-hydroxylation sites is 2. The van der Waals surface area contributed by atoms with E-state index in [-0.39, 0.29) is 22.6 Å². The second kappa shape index (κ2) is 16.4. The number of hydrogen-bond acceptors (Lipinski definition) is 6. The van der Waals surface area contributed by atoms with Crippen LogP contribution in [0.4, 0.5) is 0 Å². The molecular formula is C26H34O6. The summed E-state index contributed by atoms with van der Waals surface area (Å²) in [5.74, 6) is -1.00. The summed E-state index contributed by atoms with van der Waals surface area (Å²) in [6.07, 6.45) is 9.95. The molecule has 32 heavy (non-hydrogen) atoms. The highest BCUT2D eigenvalue weighted by Crippen LogP contribution is 2.17. The number of hydrogen-bond donors (Lipinski definition) is 2. The summed E-state index contributed by atoms with van der Waals surface area (Å²) in [7, 11) is 0. The van der Waals surface area contributed by atoms with Gasteiger partial charge in [-0.2, -0.15) is 0 Å². The minimum Gasteiger partial charge on any atom is -0.507 e. The van der Waals surface area contributed by atoms with Crippen LogP contribution in [0.3, 0.4) is 0 Å². The Hall–Kier alpha value is -3.28. The smallest absolute Gasteiger partial charge is 0.341 e. The molecule has 0 saturated heterocycles. The summed E-state index contributed by atoms with van der Waals surface area (Å²) in [4.78, 5) is 23.0. The number of carbonyl (C=O) groups is 2. The third-order valence-electron chi connectivity index (χ3n) is 4.40. The van der Waals surface area contributed by atoms with E-state index in [4.69, 9.17) is 9.47 Å². The highest BCUT2D eigenvalue weighted by molar-refractivity contribution is 5.92. The zero-order valence-corrected chi connectivity index (χ0v) is 19.0. The number of unbranched alkanes of at least 4 members (excludes halogenated alkanes) is 3. The lowest BCUT2D eigenvalue weighted by Gasteiger charge is -2.05. The minimum absolute atomic E-state index is 0.0268. The van der Waals surface area contributed by atoms with Gasteiger partial charge in [-0.3, -0.25) is 0 Å². The zero-order valence-electron chi connectivity index (χ0n) is 19.0. The monoisotopic (exact) mass is 442 g/mol. The van der Waals surface area contributed by atoms with Crippen LogP contribution in [0.15, 0.2) is 60.7 Å². The van der Waals surface area contributed by atoms with Crippen molar-refractivity contribution >= 4 is 11.9 Å².